The van der Waals surface area contributed by atoms with E-state index in [1.54, 1.807) is 13.1 Å². The van der Waals surface area contributed by atoms with Gasteiger partial charge in [0.25, 0.3) is 0 Å². The van der Waals surface area contributed by atoms with E-state index in [1.165, 1.54) is 15.7 Å². The third kappa shape index (κ3) is 3.30. The molecule has 154 valence electrons. The van der Waals surface area contributed by atoms with Crippen molar-refractivity contribution in [3.63, 3.8) is 0 Å². The van der Waals surface area contributed by atoms with Gasteiger partial charge in [0.15, 0.2) is 0 Å². The van der Waals surface area contributed by atoms with Gasteiger partial charge in [-0.1, -0.05) is 12.1 Å². The van der Waals surface area contributed by atoms with Crippen LogP contribution >= 0.6 is 0 Å². The molecule has 0 spiro atoms. The van der Waals surface area contributed by atoms with E-state index >= 15 is 0 Å². The maximum absolute atomic E-state index is 12.1. The van der Waals surface area contributed by atoms with Crippen molar-refractivity contribution in [1.29, 1.82) is 16.1 Å². The summed E-state index contributed by atoms with van der Waals surface area (Å²) in [6.07, 6.45) is 4.21. The second-order valence-corrected chi connectivity index (χ2v) is 7.46. The van der Waals surface area contributed by atoms with Gasteiger partial charge in [-0.25, -0.2) is 9.78 Å². The van der Waals surface area contributed by atoms with Gasteiger partial charge in [-0.3, -0.25) is 15.4 Å². The number of nitriles is 1. The Bertz CT molecular complexity index is 1090. The van der Waals surface area contributed by atoms with E-state index in [1.807, 2.05) is 12.1 Å². The third-order valence-electron chi connectivity index (χ3n) is 5.78. The van der Waals surface area contributed by atoms with Crippen molar-refractivity contribution >= 4 is 17.9 Å². The predicted octanol–water partition coefficient (Wildman–Crippen LogP) is 1.91. The first-order valence-electron chi connectivity index (χ1n) is 9.88. The second-order valence-electron chi connectivity index (χ2n) is 7.46. The lowest BCUT2D eigenvalue weighted by Gasteiger charge is -2.36. The van der Waals surface area contributed by atoms with Crippen LogP contribution in [-0.2, 0) is 6.54 Å². The first-order valence-corrected chi connectivity index (χ1v) is 9.88. The lowest BCUT2D eigenvalue weighted by Crippen LogP contribution is -2.41. The van der Waals surface area contributed by atoms with Gasteiger partial charge in [0.1, 0.15) is 18.5 Å². The summed E-state index contributed by atoms with van der Waals surface area (Å²) in [5.41, 5.74) is 2.55. The molecule has 2 aliphatic heterocycles. The molecule has 4 rings (SSSR count). The average Bonchev–Trinajstić information content (AvgIpc) is 3.29. The topological polar surface area (TPSA) is 122 Å². The Morgan fingerprint density at radius 1 is 1.33 bits per heavy atom. The molecule has 9 nitrogen and oxygen atoms in total. The van der Waals surface area contributed by atoms with Crippen LogP contribution in [0.5, 0.6) is 5.88 Å². The van der Waals surface area contributed by atoms with Crippen LogP contribution in [0.3, 0.4) is 0 Å². The molecule has 2 N–H and O–H groups in total. The lowest BCUT2D eigenvalue weighted by molar-refractivity contribution is 0.358. The number of benzene rings is 1. The quantitative estimate of drug-likeness (QED) is 0.592. The fraction of sp³-hybridized carbons (Fsp3) is 0.381. The maximum atomic E-state index is 12.1. The highest BCUT2D eigenvalue weighted by Gasteiger charge is 2.29. The van der Waals surface area contributed by atoms with Crippen molar-refractivity contribution in [2.45, 2.75) is 19.4 Å². The van der Waals surface area contributed by atoms with E-state index in [0.717, 1.165) is 30.4 Å². The number of para-hydroxylation sites is 1. The van der Waals surface area contributed by atoms with Gasteiger partial charge in [0, 0.05) is 37.8 Å². The second kappa shape index (κ2) is 7.99. The van der Waals surface area contributed by atoms with E-state index in [-0.39, 0.29) is 11.6 Å². The van der Waals surface area contributed by atoms with E-state index in [0.29, 0.717) is 49.1 Å². The Morgan fingerprint density at radius 3 is 2.80 bits per heavy atom. The summed E-state index contributed by atoms with van der Waals surface area (Å²) in [7, 11) is 1.72. The van der Waals surface area contributed by atoms with Crippen LogP contribution in [0, 0.1) is 28.1 Å². The van der Waals surface area contributed by atoms with Crippen LogP contribution in [0.4, 0.5) is 5.69 Å². The van der Waals surface area contributed by atoms with Gasteiger partial charge < -0.3 is 14.5 Å². The number of hydrogen-bond donors (Lipinski definition) is 2. The number of rotatable bonds is 4. The minimum atomic E-state index is -0.334. The molecule has 0 unspecified atom stereocenters. The molecule has 0 bridgehead atoms. The molecule has 0 amide bonds. The van der Waals surface area contributed by atoms with Crippen molar-refractivity contribution in [3.05, 3.63) is 40.4 Å². The fourth-order valence-electron chi connectivity index (χ4n) is 4.17. The van der Waals surface area contributed by atoms with Gasteiger partial charge in [0.05, 0.1) is 29.7 Å². The Hall–Kier alpha value is -3.67. The van der Waals surface area contributed by atoms with Crippen LogP contribution in [0.25, 0.3) is 11.1 Å². The van der Waals surface area contributed by atoms with Crippen molar-refractivity contribution in [1.82, 2.24) is 14.5 Å². The molecule has 1 saturated heterocycles. The average molecular weight is 405 g/mol. The van der Waals surface area contributed by atoms with E-state index in [4.69, 9.17) is 15.6 Å². The smallest absolute Gasteiger partial charge is 0.350 e. The molecule has 3 heterocycles. The largest absolute Gasteiger partial charge is 0.476 e. The molecular formula is C21H23N7O2. The number of nitrogens with zero attached hydrogens (tertiary/aromatic N) is 5. The number of aromatic nitrogens is 2. The molecular weight excluding hydrogens is 382 g/mol. The number of fused-ring (bicyclic) bond motifs is 1. The normalized spacial score (nSPS) is 15.8. The highest BCUT2D eigenvalue weighted by atomic mass is 16.5. The zero-order valence-corrected chi connectivity index (χ0v) is 16.8. The molecule has 1 fully saturated rings. The predicted molar refractivity (Wildman–Crippen MR) is 113 cm³/mol. The zero-order valence-electron chi connectivity index (χ0n) is 16.8. The number of piperidine rings is 1. The van der Waals surface area contributed by atoms with Gasteiger partial charge in [-0.2, -0.15) is 5.26 Å². The number of amidine groups is 1. The summed E-state index contributed by atoms with van der Waals surface area (Å²) in [6, 6.07) is 7.84. The summed E-state index contributed by atoms with van der Waals surface area (Å²) < 4.78 is 7.26. The molecule has 30 heavy (non-hydrogen) atoms. The van der Waals surface area contributed by atoms with Crippen molar-refractivity contribution in [2.75, 3.05) is 31.6 Å². The van der Waals surface area contributed by atoms with Crippen molar-refractivity contribution in [3.8, 4) is 23.1 Å². The first-order chi connectivity index (χ1) is 14.5. The summed E-state index contributed by atoms with van der Waals surface area (Å²) in [4.78, 5) is 19.8. The highest BCUT2D eigenvalue weighted by molar-refractivity contribution is 5.91. The summed E-state index contributed by atoms with van der Waals surface area (Å²) in [6.45, 7) is 2.27. The first kappa shape index (κ1) is 19.6. The summed E-state index contributed by atoms with van der Waals surface area (Å²) in [5, 5.41) is 25.4. The Morgan fingerprint density at radius 2 is 2.10 bits per heavy atom. The molecule has 0 aliphatic carbocycles. The Kier molecular flexibility index (Phi) is 5.23. The lowest BCUT2D eigenvalue weighted by atomic mass is 9.92. The summed E-state index contributed by atoms with van der Waals surface area (Å²) >= 11 is 0. The standard InChI is InChI=1S/C21H23N7O2/c1-26(13-23)19(24)14-5-7-27(8-6-14)18-15(11-22)3-2-4-16(18)17-12-25-21(29)28-9-10-30-20(17)28/h2-4,12-14,23-24H,5-10H2,1H3. The van der Waals surface area contributed by atoms with E-state index in [9.17, 15) is 10.1 Å². The molecule has 0 atom stereocenters. The van der Waals surface area contributed by atoms with E-state index < -0.39 is 0 Å². The minimum absolute atomic E-state index is 0.0788. The zero-order chi connectivity index (χ0) is 21.3. The molecule has 1 aromatic heterocycles. The fourth-order valence-corrected chi connectivity index (χ4v) is 4.17. The van der Waals surface area contributed by atoms with Crippen LogP contribution in [0.1, 0.15) is 18.4 Å². The molecule has 0 saturated carbocycles. The number of anilines is 1. The van der Waals surface area contributed by atoms with E-state index in [2.05, 4.69) is 16.0 Å². The SMILES string of the molecule is CN(C=N)C(=N)C1CCN(c2c(C#N)cccc2-c2cnc(=O)n3c2OCC3)CC1. The Balaban J connectivity index is 1.70. The highest BCUT2D eigenvalue weighted by Crippen LogP contribution is 2.40. The molecule has 0 radical (unpaired) electrons. The van der Waals surface area contributed by atoms with Gasteiger partial charge in [-0.05, 0) is 18.9 Å². The minimum Gasteiger partial charge on any atom is -0.476 e. The van der Waals surface area contributed by atoms with Crippen LogP contribution in [-0.4, -0.2) is 53.4 Å². The monoisotopic (exact) mass is 405 g/mol. The number of hydrogen-bond acceptors (Lipinski definition) is 7. The molecule has 2 aliphatic rings. The molecule has 2 aromatic rings. The van der Waals surface area contributed by atoms with Crippen LogP contribution in [0.15, 0.2) is 29.2 Å². The van der Waals surface area contributed by atoms with Crippen LogP contribution in [0.2, 0.25) is 0 Å². The van der Waals surface area contributed by atoms with Crippen LogP contribution < -0.4 is 15.3 Å². The summed E-state index contributed by atoms with van der Waals surface area (Å²) in [5.74, 6) is 1.02. The van der Waals surface area contributed by atoms with Crippen molar-refractivity contribution in [2.24, 2.45) is 5.92 Å². The Labute approximate surface area is 174 Å². The molecule has 1 aromatic carbocycles. The van der Waals surface area contributed by atoms with Gasteiger partial charge in [0.2, 0.25) is 5.88 Å². The van der Waals surface area contributed by atoms with Crippen molar-refractivity contribution < 1.29 is 4.74 Å². The number of ether oxygens (including phenoxy) is 1. The third-order valence-corrected chi connectivity index (χ3v) is 5.78. The van der Waals surface area contributed by atoms with Gasteiger partial charge in [-0.15, -0.1) is 0 Å². The van der Waals surface area contributed by atoms with Gasteiger partial charge >= 0.3 is 5.69 Å². The molecule has 9 heteroatoms. The maximum Gasteiger partial charge on any atom is 0.350 e. The number of nitrogens with one attached hydrogen (secondary N) is 2.